The minimum Gasteiger partial charge on any atom is -0.362 e. The predicted octanol–water partition coefficient (Wildman–Crippen LogP) is 3.04. The summed E-state index contributed by atoms with van der Waals surface area (Å²) in [4.78, 5) is 37.2. The summed E-state index contributed by atoms with van der Waals surface area (Å²) in [5, 5.41) is 17.5. The van der Waals surface area contributed by atoms with E-state index in [1.807, 2.05) is 6.07 Å². The molecule has 0 atom stereocenters. The van der Waals surface area contributed by atoms with Crippen molar-refractivity contribution >= 4 is 34.8 Å². The Bertz CT molecular complexity index is 968. The van der Waals surface area contributed by atoms with Gasteiger partial charge in [-0.1, -0.05) is 17.7 Å². The number of hydrogen-bond acceptors (Lipinski definition) is 5. The average Bonchev–Trinajstić information content (AvgIpc) is 2.68. The maximum atomic E-state index is 12.7. The average molecular weight is 401 g/mol. The highest BCUT2D eigenvalue weighted by Gasteiger charge is 2.41. The lowest BCUT2D eigenvalue weighted by Crippen LogP contribution is -2.62. The summed E-state index contributed by atoms with van der Waals surface area (Å²) in [6, 6.07) is 10.8. The highest BCUT2D eigenvalue weighted by molar-refractivity contribution is 6.34. The van der Waals surface area contributed by atoms with Crippen LogP contribution >= 0.6 is 11.6 Å². The zero-order valence-corrected chi connectivity index (χ0v) is 15.5. The fourth-order valence-electron chi connectivity index (χ4n) is 3.68. The Morgan fingerprint density at radius 2 is 1.79 bits per heavy atom. The third-order valence-electron chi connectivity index (χ3n) is 5.20. The molecule has 2 aromatic rings. The van der Waals surface area contributed by atoms with Gasteiger partial charge in [-0.25, -0.2) is 0 Å². The maximum absolute atomic E-state index is 12.7. The number of carbonyl (C=O) groups is 2. The van der Waals surface area contributed by atoms with E-state index >= 15 is 0 Å². The number of amides is 2. The van der Waals surface area contributed by atoms with Gasteiger partial charge in [-0.05, 0) is 24.3 Å². The summed E-state index contributed by atoms with van der Waals surface area (Å²) < 4.78 is 0. The second-order valence-corrected chi connectivity index (χ2v) is 7.33. The molecule has 0 aromatic heterocycles. The topological polar surface area (TPSA) is 105 Å². The number of benzene rings is 2. The fourth-order valence-corrected chi connectivity index (χ4v) is 3.94. The van der Waals surface area contributed by atoms with E-state index in [-0.39, 0.29) is 17.5 Å². The molecule has 1 saturated heterocycles. The van der Waals surface area contributed by atoms with E-state index in [2.05, 4.69) is 10.6 Å². The summed E-state index contributed by atoms with van der Waals surface area (Å²) in [5.41, 5.74) is 0.839. The molecule has 2 aromatic carbocycles. The maximum Gasteiger partial charge on any atom is 0.269 e. The summed E-state index contributed by atoms with van der Waals surface area (Å²) in [6.45, 7) is 0.887. The Hall–Kier alpha value is -3.13. The van der Waals surface area contributed by atoms with Gasteiger partial charge in [0.05, 0.1) is 21.2 Å². The van der Waals surface area contributed by atoms with Crippen LogP contribution < -0.4 is 10.6 Å². The standard InChI is InChI=1S/C19H17ClN4O4/c20-14-2-1-3-15-16(14)17(25)22-19(21-15)8-10-23(11-9-19)18(26)12-4-6-13(7-5-12)24(27)28/h1-7,21H,8-11H2,(H,22,25). The van der Waals surface area contributed by atoms with Gasteiger partial charge in [-0.15, -0.1) is 0 Å². The quantitative estimate of drug-likeness (QED) is 0.595. The molecule has 1 spiro atoms. The number of fused-ring (bicyclic) bond motifs is 1. The van der Waals surface area contributed by atoms with E-state index in [1.54, 1.807) is 17.0 Å². The van der Waals surface area contributed by atoms with Crippen LogP contribution in [0.4, 0.5) is 11.4 Å². The van der Waals surface area contributed by atoms with Gasteiger partial charge in [0.1, 0.15) is 5.66 Å². The first-order valence-corrected chi connectivity index (χ1v) is 9.19. The number of piperidine rings is 1. The first kappa shape index (κ1) is 18.2. The zero-order chi connectivity index (χ0) is 19.9. The van der Waals surface area contributed by atoms with Gasteiger partial charge in [0.15, 0.2) is 0 Å². The summed E-state index contributed by atoms with van der Waals surface area (Å²) >= 11 is 6.13. The number of hydrogen-bond donors (Lipinski definition) is 2. The van der Waals surface area contributed by atoms with Gasteiger partial charge in [-0.2, -0.15) is 0 Å². The Morgan fingerprint density at radius 1 is 1.11 bits per heavy atom. The van der Waals surface area contributed by atoms with Gasteiger partial charge in [0.2, 0.25) is 0 Å². The van der Waals surface area contributed by atoms with Crippen LogP contribution in [0.1, 0.15) is 33.6 Å². The van der Waals surface area contributed by atoms with Gasteiger partial charge in [-0.3, -0.25) is 19.7 Å². The second kappa shape index (κ2) is 6.79. The first-order valence-electron chi connectivity index (χ1n) is 8.81. The number of likely N-dealkylation sites (tertiary alicyclic amines) is 1. The van der Waals surface area contributed by atoms with E-state index < -0.39 is 10.6 Å². The smallest absolute Gasteiger partial charge is 0.269 e. The van der Waals surface area contributed by atoms with Crippen LogP contribution in [0.5, 0.6) is 0 Å². The summed E-state index contributed by atoms with van der Waals surface area (Å²) in [7, 11) is 0. The monoisotopic (exact) mass is 400 g/mol. The third kappa shape index (κ3) is 3.16. The Morgan fingerprint density at radius 3 is 2.43 bits per heavy atom. The van der Waals surface area contributed by atoms with Crippen molar-refractivity contribution in [2.24, 2.45) is 0 Å². The van der Waals surface area contributed by atoms with Crippen molar-refractivity contribution in [3.63, 3.8) is 0 Å². The van der Waals surface area contributed by atoms with Gasteiger partial charge in [0, 0.05) is 43.6 Å². The molecular weight excluding hydrogens is 384 g/mol. The van der Waals surface area contributed by atoms with Crippen molar-refractivity contribution in [3.8, 4) is 0 Å². The van der Waals surface area contributed by atoms with Crippen molar-refractivity contribution in [2.45, 2.75) is 18.5 Å². The van der Waals surface area contributed by atoms with Crippen LogP contribution in [0.3, 0.4) is 0 Å². The van der Waals surface area contributed by atoms with Gasteiger partial charge < -0.3 is 15.5 Å². The lowest BCUT2D eigenvalue weighted by atomic mass is 9.92. The SMILES string of the molecule is O=C1NC2(CCN(C(=O)c3ccc([N+](=O)[O-])cc3)CC2)Nc2cccc(Cl)c21. The normalized spacial score (nSPS) is 17.5. The van der Waals surface area contributed by atoms with Crippen LogP contribution in [-0.2, 0) is 0 Å². The molecule has 8 nitrogen and oxygen atoms in total. The van der Waals surface area contributed by atoms with Crippen LogP contribution in [0.25, 0.3) is 0 Å². The van der Waals surface area contributed by atoms with Crippen LogP contribution in [-0.4, -0.2) is 40.4 Å². The fraction of sp³-hybridized carbons (Fsp3) is 0.263. The molecule has 2 amide bonds. The molecule has 2 aliphatic rings. The molecule has 28 heavy (non-hydrogen) atoms. The number of nitrogens with one attached hydrogen (secondary N) is 2. The zero-order valence-electron chi connectivity index (χ0n) is 14.8. The van der Waals surface area contributed by atoms with Crippen LogP contribution in [0, 0.1) is 10.1 Å². The van der Waals surface area contributed by atoms with E-state index in [9.17, 15) is 19.7 Å². The number of non-ortho nitro benzene ring substituents is 1. The molecule has 0 bridgehead atoms. The minimum atomic E-state index is -0.624. The molecule has 2 N–H and O–H groups in total. The van der Waals surface area contributed by atoms with E-state index in [0.29, 0.717) is 47.8 Å². The van der Waals surface area contributed by atoms with Crippen LogP contribution in [0.2, 0.25) is 5.02 Å². The summed E-state index contributed by atoms with van der Waals surface area (Å²) in [5.74, 6) is -0.412. The van der Waals surface area contributed by atoms with Crippen LogP contribution in [0.15, 0.2) is 42.5 Å². The predicted molar refractivity (Wildman–Crippen MR) is 104 cm³/mol. The lowest BCUT2D eigenvalue weighted by Gasteiger charge is -2.46. The number of nitro groups is 1. The number of halogens is 1. The molecule has 2 aliphatic heterocycles. The molecule has 1 fully saturated rings. The summed E-state index contributed by atoms with van der Waals surface area (Å²) in [6.07, 6.45) is 1.06. The van der Waals surface area contributed by atoms with Crippen molar-refractivity contribution in [3.05, 3.63) is 68.7 Å². The molecule has 0 aliphatic carbocycles. The highest BCUT2D eigenvalue weighted by Crippen LogP contribution is 2.34. The van der Waals surface area contributed by atoms with Gasteiger partial charge >= 0.3 is 0 Å². The minimum absolute atomic E-state index is 0.0550. The highest BCUT2D eigenvalue weighted by atomic mass is 35.5. The molecule has 0 radical (unpaired) electrons. The van der Waals surface area contributed by atoms with Crippen molar-refractivity contribution in [1.29, 1.82) is 0 Å². The Kier molecular flexibility index (Phi) is 4.43. The van der Waals surface area contributed by atoms with E-state index in [1.165, 1.54) is 24.3 Å². The molecule has 2 heterocycles. The second-order valence-electron chi connectivity index (χ2n) is 6.92. The molecule has 0 unspecified atom stereocenters. The molecule has 4 rings (SSSR count). The molecule has 144 valence electrons. The van der Waals surface area contributed by atoms with Crippen molar-refractivity contribution in [1.82, 2.24) is 10.2 Å². The van der Waals surface area contributed by atoms with Crippen molar-refractivity contribution in [2.75, 3.05) is 18.4 Å². The van der Waals surface area contributed by atoms with Gasteiger partial charge in [0.25, 0.3) is 17.5 Å². The lowest BCUT2D eigenvalue weighted by molar-refractivity contribution is -0.384. The Balaban J connectivity index is 1.47. The number of nitro benzene ring substituents is 1. The molecule has 9 heteroatoms. The molecule has 0 saturated carbocycles. The number of nitrogens with zero attached hydrogens (tertiary/aromatic N) is 2. The number of rotatable bonds is 2. The Labute approximate surface area is 165 Å². The van der Waals surface area contributed by atoms with Crippen molar-refractivity contribution < 1.29 is 14.5 Å². The molecular formula is C19H17ClN4O4. The third-order valence-corrected chi connectivity index (χ3v) is 5.51. The van der Waals surface area contributed by atoms with E-state index in [0.717, 1.165) is 0 Å². The number of anilines is 1. The largest absolute Gasteiger partial charge is 0.362 e. The first-order chi connectivity index (χ1) is 13.4. The number of carbonyl (C=O) groups excluding carboxylic acids is 2. The van der Waals surface area contributed by atoms with E-state index in [4.69, 9.17) is 11.6 Å².